The average Bonchev–Trinajstić information content (AvgIpc) is 1.94. The molecular weight excluding hydrogens is 308 g/mol. The van der Waals surface area contributed by atoms with E-state index in [2.05, 4.69) is 0 Å². The van der Waals surface area contributed by atoms with Crippen molar-refractivity contribution in [1.82, 2.24) is 0 Å². The third-order valence-electron chi connectivity index (χ3n) is 0. The summed E-state index contributed by atoms with van der Waals surface area (Å²) in [7, 11) is 0. The Morgan fingerprint density at radius 1 is 0.333 bits per heavy atom. The number of hydrogen-bond donors (Lipinski definition) is 0. The van der Waals surface area contributed by atoms with Crippen molar-refractivity contribution in [3.8, 4) is 0 Å². The minimum Gasteiger partial charge on any atom is -0.852 e. The second kappa shape index (κ2) is 32.5. The van der Waals surface area contributed by atoms with E-state index < -0.39 is 30.5 Å². The first-order valence-corrected chi connectivity index (χ1v) is 6.95. The van der Waals surface area contributed by atoms with Crippen molar-refractivity contribution < 1.29 is 47.3 Å². The van der Waals surface area contributed by atoms with Crippen LogP contribution in [-0.4, -0.2) is 30.5 Å². The van der Waals surface area contributed by atoms with Crippen LogP contribution in [0.2, 0.25) is 0 Å². The van der Waals surface area contributed by atoms with Crippen LogP contribution in [-0.2, 0) is 21.7 Å². The van der Waals surface area contributed by atoms with E-state index in [-0.39, 0.29) is 21.7 Å². The molecule has 0 N–H and O–H groups in total. The summed E-state index contributed by atoms with van der Waals surface area (Å²) in [6, 6.07) is 0. The molecule has 0 aliphatic heterocycles. The van der Waals surface area contributed by atoms with Gasteiger partial charge in [0.1, 0.15) is 0 Å². The van der Waals surface area contributed by atoms with Crippen LogP contribution in [0.4, 0.5) is 0 Å². The predicted octanol–water partition coefficient (Wildman–Crippen LogP) is -1.23. The Morgan fingerprint density at radius 2 is 0.333 bits per heavy atom. The van der Waals surface area contributed by atoms with Crippen LogP contribution >= 0.6 is 0 Å². The molecule has 0 heterocycles. The molecule has 0 aliphatic carbocycles. The fraction of sp³-hybridized carbons (Fsp3) is 1.00. The molecule has 0 aromatic heterocycles. The minimum atomic E-state index is -0.417. The van der Waals surface area contributed by atoms with Gasteiger partial charge in [0.25, 0.3) is 0 Å². The molecule has 0 aliphatic rings. The van der Waals surface area contributed by atoms with Gasteiger partial charge in [-0.05, 0) is 0 Å². The number of hydrogen-bond acceptors (Lipinski definition) is 5. The smallest absolute Gasteiger partial charge is 0 e. The maximum absolute atomic E-state index is 9.53. The van der Waals surface area contributed by atoms with Crippen molar-refractivity contribution >= 4 is 0 Å². The molecular formula is C15H35O5Ti-5. The van der Waals surface area contributed by atoms with Gasteiger partial charge in [-0.2, -0.15) is 0 Å². The van der Waals surface area contributed by atoms with Crippen molar-refractivity contribution in [2.24, 2.45) is 0 Å². The summed E-state index contributed by atoms with van der Waals surface area (Å²) < 4.78 is 0. The fourth-order valence-corrected chi connectivity index (χ4v) is 0. The molecule has 0 atom stereocenters. The summed E-state index contributed by atoms with van der Waals surface area (Å²) in [4.78, 5) is 0. The van der Waals surface area contributed by atoms with E-state index in [0.29, 0.717) is 0 Å². The average molecular weight is 343 g/mol. The summed E-state index contributed by atoms with van der Waals surface area (Å²) in [5.74, 6) is 0. The summed E-state index contributed by atoms with van der Waals surface area (Å²) in [5, 5.41) is 47.6. The molecule has 0 aromatic rings. The van der Waals surface area contributed by atoms with Gasteiger partial charge in [-0.25, -0.2) is 0 Å². The summed E-state index contributed by atoms with van der Waals surface area (Å²) in [6.07, 6.45) is -2.08. The standard InChI is InChI=1S/5C3H7O.Ti/c5*1-3(2)4;/h5*3H,1-2H3;/q5*-1;. The third-order valence-corrected chi connectivity index (χ3v) is 0. The van der Waals surface area contributed by atoms with E-state index in [1.807, 2.05) is 0 Å². The summed E-state index contributed by atoms with van der Waals surface area (Å²) in [5.41, 5.74) is 0. The predicted molar refractivity (Wildman–Crippen MR) is 75.7 cm³/mol. The van der Waals surface area contributed by atoms with Crippen molar-refractivity contribution in [3.05, 3.63) is 0 Å². The zero-order valence-corrected chi connectivity index (χ0v) is 17.0. The Bertz CT molecular complexity index is 80.6. The van der Waals surface area contributed by atoms with Crippen LogP contribution in [0.5, 0.6) is 0 Å². The zero-order valence-electron chi connectivity index (χ0n) is 15.4. The molecule has 0 saturated heterocycles. The van der Waals surface area contributed by atoms with Crippen LogP contribution in [0.15, 0.2) is 0 Å². The molecule has 0 amide bonds. The topological polar surface area (TPSA) is 115 Å². The van der Waals surface area contributed by atoms with E-state index >= 15 is 0 Å². The van der Waals surface area contributed by atoms with E-state index in [4.69, 9.17) is 0 Å². The van der Waals surface area contributed by atoms with E-state index in [1.54, 1.807) is 69.2 Å². The summed E-state index contributed by atoms with van der Waals surface area (Å²) in [6.45, 7) is 16.1. The van der Waals surface area contributed by atoms with Crippen LogP contribution in [0, 0.1) is 0 Å². The molecule has 5 nitrogen and oxygen atoms in total. The first kappa shape index (κ1) is 37.6. The molecule has 0 rings (SSSR count). The van der Waals surface area contributed by atoms with Crippen molar-refractivity contribution in [3.63, 3.8) is 0 Å². The Labute approximate surface area is 147 Å². The fourth-order valence-electron chi connectivity index (χ4n) is 0. The van der Waals surface area contributed by atoms with E-state index in [1.165, 1.54) is 0 Å². The second-order valence-corrected chi connectivity index (χ2v) is 5.24. The molecule has 134 valence electrons. The zero-order chi connectivity index (χ0) is 17.9. The second-order valence-electron chi connectivity index (χ2n) is 5.24. The van der Waals surface area contributed by atoms with Crippen molar-refractivity contribution in [1.29, 1.82) is 0 Å². The number of rotatable bonds is 0. The Morgan fingerprint density at radius 3 is 0.333 bits per heavy atom. The SMILES string of the molecule is CC(C)[O-].CC(C)[O-].CC(C)[O-].CC(C)[O-].CC(C)[O-].[Ti]. The van der Waals surface area contributed by atoms with Crippen LogP contribution in [0.25, 0.3) is 0 Å². The maximum Gasteiger partial charge on any atom is 0 e. The van der Waals surface area contributed by atoms with Gasteiger partial charge in [0.2, 0.25) is 0 Å². The maximum atomic E-state index is 9.53. The monoisotopic (exact) mass is 343 g/mol. The molecule has 6 heteroatoms. The van der Waals surface area contributed by atoms with Gasteiger partial charge in [0, 0.05) is 21.7 Å². The van der Waals surface area contributed by atoms with Gasteiger partial charge >= 0.3 is 0 Å². The minimum absolute atomic E-state index is 0. The molecule has 0 bridgehead atoms. The molecule has 0 unspecified atom stereocenters. The van der Waals surface area contributed by atoms with Crippen LogP contribution in [0.1, 0.15) is 69.2 Å². The largest absolute Gasteiger partial charge is 0.852 e. The van der Waals surface area contributed by atoms with Gasteiger partial charge < -0.3 is 25.5 Å². The molecule has 0 radical (unpaired) electrons. The van der Waals surface area contributed by atoms with Gasteiger partial charge in [-0.15, -0.1) is 30.5 Å². The van der Waals surface area contributed by atoms with Gasteiger partial charge in [0.05, 0.1) is 0 Å². The Balaban J connectivity index is -0.0000000331. The Kier molecular flexibility index (Phi) is 58.1. The quantitative estimate of drug-likeness (QED) is 0.511. The first-order chi connectivity index (χ1) is 8.66. The van der Waals surface area contributed by atoms with Crippen molar-refractivity contribution in [2.45, 2.75) is 99.8 Å². The van der Waals surface area contributed by atoms with Crippen LogP contribution in [0.3, 0.4) is 0 Å². The van der Waals surface area contributed by atoms with Gasteiger partial charge in [-0.1, -0.05) is 69.2 Å². The molecule has 21 heavy (non-hydrogen) atoms. The van der Waals surface area contributed by atoms with E-state index in [9.17, 15) is 25.5 Å². The first-order valence-electron chi connectivity index (χ1n) is 6.95. The molecule has 0 aromatic carbocycles. The Hall–Kier alpha value is 0.514. The summed E-state index contributed by atoms with van der Waals surface area (Å²) >= 11 is 0. The van der Waals surface area contributed by atoms with Crippen LogP contribution < -0.4 is 25.5 Å². The van der Waals surface area contributed by atoms with Gasteiger partial charge in [-0.3, -0.25) is 0 Å². The van der Waals surface area contributed by atoms with Gasteiger partial charge in [0.15, 0.2) is 0 Å². The third kappa shape index (κ3) is 26600. The van der Waals surface area contributed by atoms with Crippen molar-refractivity contribution in [2.75, 3.05) is 0 Å². The molecule has 0 spiro atoms. The van der Waals surface area contributed by atoms with E-state index in [0.717, 1.165) is 0 Å². The normalized spacial score (nSPS) is 8.57. The molecule has 0 saturated carbocycles. The molecule has 0 fully saturated rings.